The number of nitrogens with zero attached hydrogens (tertiary/aromatic N) is 1. The Morgan fingerprint density at radius 2 is 1.74 bits per heavy atom. The van der Waals surface area contributed by atoms with Gasteiger partial charge in [0.2, 0.25) is 6.54 Å². The van der Waals surface area contributed by atoms with Crippen LogP contribution in [0.15, 0.2) is 42.6 Å². The lowest BCUT2D eigenvalue weighted by Crippen LogP contribution is -2.43. The molecule has 0 unspecified atom stereocenters. The van der Waals surface area contributed by atoms with Gasteiger partial charge < -0.3 is 5.32 Å². The fourth-order valence-electron chi connectivity index (χ4n) is 2.46. The first-order valence-electron chi connectivity index (χ1n) is 8.19. The molecule has 1 aromatic heterocycles. The average molecular weight is 311 g/mol. The van der Waals surface area contributed by atoms with Gasteiger partial charge >= 0.3 is 0 Å². The van der Waals surface area contributed by atoms with E-state index in [0.29, 0.717) is 6.54 Å². The third kappa shape index (κ3) is 4.65. The number of carbonyl (C=O) groups excluding carboxylic acids is 1. The van der Waals surface area contributed by atoms with Crippen LogP contribution in [0.1, 0.15) is 44.5 Å². The van der Waals surface area contributed by atoms with Crippen LogP contribution in [0.4, 0.5) is 5.69 Å². The molecular weight excluding hydrogens is 284 g/mol. The summed E-state index contributed by atoms with van der Waals surface area (Å²) < 4.78 is 2.00. The topological polar surface area (TPSA) is 33.0 Å². The highest BCUT2D eigenvalue weighted by atomic mass is 16.1. The molecule has 0 radical (unpaired) electrons. The Balaban J connectivity index is 2.05. The van der Waals surface area contributed by atoms with Crippen molar-refractivity contribution in [1.29, 1.82) is 0 Å². The Morgan fingerprint density at radius 1 is 1.09 bits per heavy atom. The maximum atomic E-state index is 12.3. The molecule has 3 heteroatoms. The van der Waals surface area contributed by atoms with Gasteiger partial charge in [-0.05, 0) is 35.6 Å². The van der Waals surface area contributed by atoms with Crippen LogP contribution in [0.2, 0.25) is 0 Å². The molecule has 1 aromatic carbocycles. The molecule has 1 heterocycles. The van der Waals surface area contributed by atoms with E-state index in [2.05, 4.69) is 63.5 Å². The minimum absolute atomic E-state index is 0.00476. The number of pyridine rings is 1. The Kier molecular flexibility index (Phi) is 5.19. The van der Waals surface area contributed by atoms with Gasteiger partial charge in [-0.25, -0.2) is 0 Å². The zero-order valence-corrected chi connectivity index (χ0v) is 14.8. The van der Waals surface area contributed by atoms with Crippen LogP contribution in [-0.2, 0) is 23.2 Å². The van der Waals surface area contributed by atoms with Crippen LogP contribution in [0.3, 0.4) is 0 Å². The number of anilines is 1. The van der Waals surface area contributed by atoms with E-state index in [1.54, 1.807) is 0 Å². The van der Waals surface area contributed by atoms with E-state index >= 15 is 0 Å². The minimum Gasteiger partial charge on any atom is -0.321 e. The Bertz CT molecular complexity index is 682. The van der Waals surface area contributed by atoms with Gasteiger partial charge in [0.05, 0.1) is 0 Å². The van der Waals surface area contributed by atoms with Gasteiger partial charge in [0, 0.05) is 24.2 Å². The molecule has 0 aliphatic rings. The van der Waals surface area contributed by atoms with Crippen LogP contribution in [0.25, 0.3) is 0 Å². The number of benzene rings is 1. The first kappa shape index (κ1) is 17.2. The van der Waals surface area contributed by atoms with E-state index in [0.717, 1.165) is 17.8 Å². The summed E-state index contributed by atoms with van der Waals surface area (Å²) in [6, 6.07) is 12.3. The van der Waals surface area contributed by atoms with Crippen LogP contribution in [0, 0.1) is 6.92 Å². The summed E-state index contributed by atoms with van der Waals surface area (Å²) in [4.78, 5) is 12.3. The Labute approximate surface area is 139 Å². The molecule has 1 amide bonds. The summed E-state index contributed by atoms with van der Waals surface area (Å²) in [7, 11) is 0. The summed E-state index contributed by atoms with van der Waals surface area (Å²) >= 11 is 0. The lowest BCUT2D eigenvalue weighted by molar-refractivity contribution is -0.690. The fraction of sp³-hybridized carbons (Fsp3) is 0.400. The second-order valence-corrected chi connectivity index (χ2v) is 7.04. The number of aromatic nitrogens is 1. The molecule has 1 N–H and O–H groups in total. The van der Waals surface area contributed by atoms with Crippen LogP contribution in [0.5, 0.6) is 0 Å². The van der Waals surface area contributed by atoms with Gasteiger partial charge in [-0.1, -0.05) is 39.8 Å². The molecule has 122 valence electrons. The molecule has 23 heavy (non-hydrogen) atoms. The van der Waals surface area contributed by atoms with Crippen molar-refractivity contribution in [3.63, 3.8) is 0 Å². The molecule has 2 rings (SSSR count). The molecule has 0 fully saturated rings. The molecule has 0 aliphatic carbocycles. The van der Waals surface area contributed by atoms with Crippen molar-refractivity contribution >= 4 is 11.6 Å². The number of nitrogens with one attached hydrogen (secondary N) is 1. The fourth-order valence-corrected chi connectivity index (χ4v) is 2.46. The number of amides is 1. The van der Waals surface area contributed by atoms with E-state index in [1.807, 2.05) is 23.6 Å². The molecule has 0 saturated carbocycles. The van der Waals surface area contributed by atoms with E-state index in [9.17, 15) is 4.79 Å². The number of rotatable bonds is 4. The Hall–Kier alpha value is -2.16. The zero-order valence-electron chi connectivity index (χ0n) is 14.8. The van der Waals surface area contributed by atoms with E-state index in [1.165, 1.54) is 11.1 Å². The van der Waals surface area contributed by atoms with Crippen molar-refractivity contribution in [2.24, 2.45) is 0 Å². The minimum atomic E-state index is -0.00476. The molecule has 0 saturated heterocycles. The van der Waals surface area contributed by atoms with Crippen LogP contribution in [-0.4, -0.2) is 5.91 Å². The second-order valence-electron chi connectivity index (χ2n) is 7.04. The van der Waals surface area contributed by atoms with Gasteiger partial charge in [0.15, 0.2) is 11.9 Å². The predicted molar refractivity (Wildman–Crippen MR) is 94.5 cm³/mol. The van der Waals surface area contributed by atoms with Crippen molar-refractivity contribution < 1.29 is 9.36 Å². The summed E-state index contributed by atoms with van der Waals surface area (Å²) in [5, 5.41) is 2.97. The van der Waals surface area contributed by atoms with E-state index in [4.69, 9.17) is 0 Å². The highest BCUT2D eigenvalue weighted by Gasteiger charge is 2.15. The van der Waals surface area contributed by atoms with Gasteiger partial charge in [0.1, 0.15) is 0 Å². The predicted octanol–water partition coefficient (Wildman–Crippen LogP) is 3.78. The van der Waals surface area contributed by atoms with Crippen molar-refractivity contribution in [2.45, 2.75) is 53.0 Å². The summed E-state index contributed by atoms with van der Waals surface area (Å²) in [5.74, 6) is -0.00476. The number of carbonyl (C=O) groups is 1. The van der Waals surface area contributed by atoms with Gasteiger partial charge in [0.25, 0.3) is 5.91 Å². The molecule has 0 atom stereocenters. The standard InChI is InChI=1S/C20H26N2O/c1-6-16-8-7-15(2)22(13-16)14-19(23)21-18-11-9-17(10-12-18)20(3,4)5/h7-13H,6,14H2,1-5H3/p+1. The van der Waals surface area contributed by atoms with Crippen molar-refractivity contribution in [2.75, 3.05) is 5.32 Å². The molecular formula is C20H27N2O+. The maximum Gasteiger partial charge on any atom is 0.290 e. The maximum absolute atomic E-state index is 12.3. The van der Waals surface area contributed by atoms with Crippen LogP contribution >= 0.6 is 0 Å². The lowest BCUT2D eigenvalue weighted by Gasteiger charge is -2.19. The van der Waals surface area contributed by atoms with Crippen molar-refractivity contribution in [3.05, 3.63) is 59.4 Å². The van der Waals surface area contributed by atoms with Crippen LogP contribution < -0.4 is 9.88 Å². The number of aryl methyl sites for hydroxylation is 2. The monoisotopic (exact) mass is 311 g/mol. The molecule has 0 spiro atoms. The smallest absolute Gasteiger partial charge is 0.290 e. The quantitative estimate of drug-likeness (QED) is 0.856. The van der Waals surface area contributed by atoms with E-state index < -0.39 is 0 Å². The first-order valence-corrected chi connectivity index (χ1v) is 8.19. The largest absolute Gasteiger partial charge is 0.321 e. The lowest BCUT2D eigenvalue weighted by atomic mass is 9.87. The van der Waals surface area contributed by atoms with Crippen molar-refractivity contribution in [1.82, 2.24) is 0 Å². The SMILES string of the molecule is CCc1ccc(C)[n+](CC(=O)Nc2ccc(C(C)(C)C)cc2)c1. The second kappa shape index (κ2) is 6.95. The molecule has 2 aromatic rings. The van der Waals surface area contributed by atoms with Gasteiger partial charge in [-0.15, -0.1) is 0 Å². The van der Waals surface area contributed by atoms with E-state index in [-0.39, 0.29) is 11.3 Å². The normalized spacial score (nSPS) is 11.3. The zero-order chi connectivity index (χ0) is 17.0. The summed E-state index contributed by atoms with van der Waals surface area (Å²) in [6.07, 6.45) is 3.02. The first-order chi connectivity index (χ1) is 10.8. The highest BCUT2D eigenvalue weighted by molar-refractivity contribution is 5.89. The summed E-state index contributed by atoms with van der Waals surface area (Å²) in [5.41, 5.74) is 4.54. The van der Waals surface area contributed by atoms with Crippen molar-refractivity contribution in [3.8, 4) is 0 Å². The molecule has 3 nitrogen and oxygen atoms in total. The third-order valence-corrected chi connectivity index (χ3v) is 4.07. The average Bonchev–Trinajstić information content (AvgIpc) is 2.49. The number of hydrogen-bond acceptors (Lipinski definition) is 1. The van der Waals surface area contributed by atoms with Gasteiger partial charge in [-0.2, -0.15) is 4.57 Å². The number of hydrogen-bond donors (Lipinski definition) is 1. The Morgan fingerprint density at radius 3 is 2.30 bits per heavy atom. The third-order valence-electron chi connectivity index (χ3n) is 4.07. The summed E-state index contributed by atoms with van der Waals surface area (Å²) in [6.45, 7) is 11.0. The van der Waals surface area contributed by atoms with Gasteiger partial charge in [-0.3, -0.25) is 4.79 Å². The molecule has 0 aliphatic heterocycles. The molecule has 0 bridgehead atoms. The highest BCUT2D eigenvalue weighted by Crippen LogP contribution is 2.23.